The van der Waals surface area contributed by atoms with Gasteiger partial charge in [0, 0.05) is 41.0 Å². The van der Waals surface area contributed by atoms with Crippen molar-refractivity contribution in [2.45, 2.75) is 57.0 Å². The molecule has 4 heteroatoms. The third-order valence-corrected chi connectivity index (χ3v) is 13.6. The molecular formula is C10H24NaOSi2. The summed E-state index contributed by atoms with van der Waals surface area (Å²) in [5, 5.41) is 0. The second kappa shape index (κ2) is 4.72. The van der Waals surface area contributed by atoms with E-state index >= 15 is 0 Å². The summed E-state index contributed by atoms with van der Waals surface area (Å²) in [5.41, 5.74) is 0. The van der Waals surface area contributed by atoms with Gasteiger partial charge in [0.05, 0.1) is 16.1 Å². The Hall–Kier alpha value is 1.39. The number of hydrogen-bond acceptors (Lipinski definition) is 1. The van der Waals surface area contributed by atoms with Gasteiger partial charge in [-0.25, -0.2) is 0 Å². The Balaban J connectivity index is 0.00000169. The van der Waals surface area contributed by atoms with Crippen LogP contribution in [-0.2, 0) is 4.74 Å². The van der Waals surface area contributed by atoms with Crippen molar-refractivity contribution in [1.29, 1.82) is 0 Å². The van der Waals surface area contributed by atoms with E-state index in [0.29, 0.717) is 4.85 Å². The molecule has 1 radical (unpaired) electrons. The summed E-state index contributed by atoms with van der Waals surface area (Å²) in [7, 11) is -2.34. The van der Waals surface area contributed by atoms with Crippen LogP contribution in [0.25, 0.3) is 0 Å². The molecule has 0 saturated carbocycles. The SMILES string of the molecule is C[Si](C)(C)C1([Si](C)(C)C)CCCO1.[Na]. The van der Waals surface area contributed by atoms with Gasteiger partial charge in [0.15, 0.2) is 0 Å². The average molecular weight is 239 g/mol. The van der Waals surface area contributed by atoms with E-state index in [0.717, 1.165) is 6.61 Å². The van der Waals surface area contributed by atoms with Crippen molar-refractivity contribution >= 4 is 45.7 Å². The Morgan fingerprint density at radius 1 is 0.929 bits per heavy atom. The molecule has 1 aliphatic heterocycles. The van der Waals surface area contributed by atoms with E-state index in [-0.39, 0.29) is 29.6 Å². The van der Waals surface area contributed by atoms with Crippen molar-refractivity contribution in [1.82, 2.24) is 0 Å². The Labute approximate surface area is 113 Å². The van der Waals surface area contributed by atoms with Gasteiger partial charge < -0.3 is 4.74 Å². The van der Waals surface area contributed by atoms with E-state index < -0.39 is 16.1 Å². The molecule has 1 saturated heterocycles. The molecule has 14 heavy (non-hydrogen) atoms. The van der Waals surface area contributed by atoms with Crippen LogP contribution in [0.3, 0.4) is 0 Å². The predicted octanol–water partition coefficient (Wildman–Crippen LogP) is 2.91. The molecule has 1 heterocycles. The summed E-state index contributed by atoms with van der Waals surface area (Å²) < 4.78 is 6.19. The fraction of sp³-hybridized carbons (Fsp3) is 1.00. The molecular weight excluding hydrogens is 215 g/mol. The second-order valence-electron chi connectivity index (χ2n) is 6.28. The minimum atomic E-state index is -1.17. The fourth-order valence-electron chi connectivity index (χ4n) is 2.95. The summed E-state index contributed by atoms with van der Waals surface area (Å²) in [6.45, 7) is 15.8. The maximum Gasteiger partial charge on any atom is 0.0783 e. The Morgan fingerprint density at radius 3 is 1.50 bits per heavy atom. The molecule has 0 bridgehead atoms. The summed E-state index contributed by atoms with van der Waals surface area (Å²) in [5.74, 6) is 0. The van der Waals surface area contributed by atoms with Crippen LogP contribution in [0.4, 0.5) is 0 Å². The van der Waals surface area contributed by atoms with Crippen LogP contribution in [-0.4, -0.2) is 57.2 Å². The molecule has 1 aliphatic rings. The van der Waals surface area contributed by atoms with E-state index in [1.807, 2.05) is 0 Å². The van der Waals surface area contributed by atoms with E-state index in [4.69, 9.17) is 4.74 Å². The zero-order valence-electron chi connectivity index (χ0n) is 11.0. The fourth-order valence-corrected chi connectivity index (χ4v) is 14.9. The molecule has 0 aromatic heterocycles. The zero-order chi connectivity index (χ0) is 10.3. The molecule has 0 aliphatic carbocycles. The van der Waals surface area contributed by atoms with Gasteiger partial charge >= 0.3 is 0 Å². The topological polar surface area (TPSA) is 9.23 Å². The van der Waals surface area contributed by atoms with Crippen LogP contribution in [0, 0.1) is 0 Å². The van der Waals surface area contributed by atoms with Gasteiger partial charge in [0.1, 0.15) is 0 Å². The Bertz CT molecular complexity index is 171. The first kappa shape index (κ1) is 15.4. The van der Waals surface area contributed by atoms with E-state index in [9.17, 15) is 0 Å². The van der Waals surface area contributed by atoms with Crippen LogP contribution in [0.1, 0.15) is 12.8 Å². The molecule has 1 nitrogen and oxygen atoms in total. The van der Waals surface area contributed by atoms with Gasteiger partial charge in [-0.2, -0.15) is 0 Å². The summed E-state index contributed by atoms with van der Waals surface area (Å²) in [6.07, 6.45) is 2.62. The molecule has 1 rings (SSSR count). The summed E-state index contributed by atoms with van der Waals surface area (Å²) >= 11 is 0. The molecule has 1 fully saturated rings. The Kier molecular flexibility index (Phi) is 5.19. The smallest absolute Gasteiger partial charge is 0.0783 e. The molecule has 0 atom stereocenters. The monoisotopic (exact) mass is 239 g/mol. The molecule has 0 spiro atoms. The molecule has 0 N–H and O–H groups in total. The van der Waals surface area contributed by atoms with Gasteiger partial charge in [-0.05, 0) is 12.8 Å². The minimum absolute atomic E-state index is 0. The Morgan fingerprint density at radius 2 is 1.36 bits per heavy atom. The van der Waals surface area contributed by atoms with E-state index in [2.05, 4.69) is 39.3 Å². The first-order valence-electron chi connectivity index (χ1n) is 5.35. The summed E-state index contributed by atoms with van der Waals surface area (Å²) in [4.78, 5) is 0.347. The van der Waals surface area contributed by atoms with Crippen molar-refractivity contribution in [2.75, 3.05) is 6.61 Å². The van der Waals surface area contributed by atoms with Crippen molar-refractivity contribution < 1.29 is 4.74 Å². The van der Waals surface area contributed by atoms with Gasteiger partial charge in [0.2, 0.25) is 0 Å². The van der Waals surface area contributed by atoms with Gasteiger partial charge in [-0.3, -0.25) is 0 Å². The maximum atomic E-state index is 6.19. The predicted molar refractivity (Wildman–Crippen MR) is 70.4 cm³/mol. The van der Waals surface area contributed by atoms with Gasteiger partial charge in [-0.15, -0.1) is 0 Å². The quantitative estimate of drug-likeness (QED) is 0.673. The first-order valence-corrected chi connectivity index (χ1v) is 12.3. The van der Waals surface area contributed by atoms with Crippen molar-refractivity contribution in [3.05, 3.63) is 0 Å². The van der Waals surface area contributed by atoms with Crippen molar-refractivity contribution in [3.8, 4) is 0 Å². The first-order chi connectivity index (χ1) is 5.71. The molecule has 0 aromatic carbocycles. The van der Waals surface area contributed by atoms with Crippen LogP contribution in [0.2, 0.25) is 39.3 Å². The molecule has 0 amide bonds. The van der Waals surface area contributed by atoms with Crippen LogP contribution in [0.5, 0.6) is 0 Å². The third-order valence-electron chi connectivity index (χ3n) is 3.44. The molecule has 0 unspecified atom stereocenters. The zero-order valence-corrected chi connectivity index (χ0v) is 15.0. The normalized spacial score (nSPS) is 21.9. The van der Waals surface area contributed by atoms with Crippen LogP contribution in [0.15, 0.2) is 0 Å². The largest absolute Gasteiger partial charge is 0.382 e. The third kappa shape index (κ3) is 2.55. The maximum absolute atomic E-state index is 6.19. The van der Waals surface area contributed by atoms with Crippen LogP contribution < -0.4 is 0 Å². The van der Waals surface area contributed by atoms with E-state index in [1.54, 1.807) is 0 Å². The van der Waals surface area contributed by atoms with Crippen LogP contribution >= 0.6 is 0 Å². The minimum Gasteiger partial charge on any atom is -0.382 e. The van der Waals surface area contributed by atoms with Crippen molar-refractivity contribution in [2.24, 2.45) is 0 Å². The molecule has 79 valence electrons. The number of ether oxygens (including phenoxy) is 1. The standard InChI is InChI=1S/C10H24OSi2.Na/c1-12(2,3)10(13(4,5)6)8-7-9-11-10;/h7-9H2,1-6H3;. The van der Waals surface area contributed by atoms with Crippen molar-refractivity contribution in [3.63, 3.8) is 0 Å². The molecule has 0 aromatic rings. The van der Waals surface area contributed by atoms with Gasteiger partial charge in [0.25, 0.3) is 0 Å². The second-order valence-corrected chi connectivity index (χ2v) is 17.4. The number of hydrogen-bond donors (Lipinski definition) is 0. The average Bonchev–Trinajstić information content (AvgIpc) is 2.28. The van der Waals surface area contributed by atoms with Gasteiger partial charge in [-0.1, -0.05) is 39.3 Å². The van der Waals surface area contributed by atoms with E-state index in [1.165, 1.54) is 12.8 Å². The summed E-state index contributed by atoms with van der Waals surface area (Å²) in [6, 6.07) is 0. The number of rotatable bonds is 2.